The largest absolute Gasteiger partial charge is 0.497 e. The van der Waals surface area contributed by atoms with Crippen LogP contribution in [0.2, 0.25) is 0 Å². The molecule has 0 aliphatic carbocycles. The van der Waals surface area contributed by atoms with E-state index in [0.717, 1.165) is 25.3 Å². The van der Waals surface area contributed by atoms with E-state index in [9.17, 15) is 0 Å². The van der Waals surface area contributed by atoms with Gasteiger partial charge in [-0.3, -0.25) is 0 Å². The summed E-state index contributed by atoms with van der Waals surface area (Å²) in [7, 11) is 3.48. The summed E-state index contributed by atoms with van der Waals surface area (Å²) in [6.45, 7) is 1.94. The molecule has 0 saturated carbocycles. The van der Waals surface area contributed by atoms with E-state index >= 15 is 0 Å². The Kier molecular flexibility index (Phi) is 5.02. The maximum atomic E-state index is 5.20. The van der Waals surface area contributed by atoms with E-state index in [2.05, 4.69) is 29.6 Å². The van der Waals surface area contributed by atoms with E-state index in [1.807, 2.05) is 0 Å². The van der Waals surface area contributed by atoms with Crippen molar-refractivity contribution in [2.75, 3.05) is 27.4 Å². The first kappa shape index (κ1) is 13.4. The molecule has 1 heterocycles. The Bertz CT molecular complexity index is 350. The fourth-order valence-corrected chi connectivity index (χ4v) is 2.67. The molecular weight excluding hydrogens is 226 g/mol. The first-order chi connectivity index (χ1) is 8.83. The fraction of sp³-hybridized carbons (Fsp3) is 0.600. The second-order valence-electron chi connectivity index (χ2n) is 4.93. The van der Waals surface area contributed by atoms with Gasteiger partial charge in [0.2, 0.25) is 0 Å². The Morgan fingerprint density at radius 2 is 2.00 bits per heavy atom. The van der Waals surface area contributed by atoms with Crippen LogP contribution in [0.1, 0.15) is 30.7 Å². The smallest absolute Gasteiger partial charge is 0.118 e. The summed E-state index contributed by atoms with van der Waals surface area (Å²) in [5.74, 6) is 1.60. The number of methoxy groups -OCH3 is 2. The van der Waals surface area contributed by atoms with Crippen LogP contribution in [0.5, 0.6) is 5.75 Å². The number of benzene rings is 1. The highest BCUT2D eigenvalue weighted by atomic mass is 16.5. The van der Waals surface area contributed by atoms with Crippen molar-refractivity contribution >= 4 is 0 Å². The normalized spacial score (nSPS) is 23.9. The van der Waals surface area contributed by atoms with Gasteiger partial charge in [-0.1, -0.05) is 12.1 Å². The van der Waals surface area contributed by atoms with Gasteiger partial charge in [0.15, 0.2) is 0 Å². The average molecular weight is 249 g/mol. The van der Waals surface area contributed by atoms with Crippen LogP contribution in [0.3, 0.4) is 0 Å². The number of ether oxygens (including phenoxy) is 2. The van der Waals surface area contributed by atoms with Gasteiger partial charge in [0, 0.05) is 19.8 Å². The zero-order valence-electron chi connectivity index (χ0n) is 11.3. The molecule has 1 fully saturated rings. The molecule has 3 heteroatoms. The Balaban J connectivity index is 1.94. The van der Waals surface area contributed by atoms with Crippen molar-refractivity contribution < 1.29 is 9.47 Å². The van der Waals surface area contributed by atoms with Crippen molar-refractivity contribution in [3.8, 4) is 5.75 Å². The fourth-order valence-electron chi connectivity index (χ4n) is 2.67. The molecule has 1 aromatic carbocycles. The lowest BCUT2D eigenvalue weighted by Crippen LogP contribution is -2.38. The van der Waals surface area contributed by atoms with Crippen molar-refractivity contribution in [3.63, 3.8) is 0 Å². The van der Waals surface area contributed by atoms with Crippen molar-refractivity contribution in [3.05, 3.63) is 29.8 Å². The summed E-state index contributed by atoms with van der Waals surface area (Å²) in [5.41, 5.74) is 1.43. The number of piperidine rings is 1. The molecule has 2 rings (SSSR count). The molecule has 0 aromatic heterocycles. The molecule has 0 radical (unpaired) electrons. The molecule has 3 nitrogen and oxygen atoms in total. The molecule has 1 aliphatic heterocycles. The predicted molar refractivity (Wildman–Crippen MR) is 73.3 cm³/mol. The molecule has 0 spiro atoms. The Labute approximate surface area is 109 Å². The van der Waals surface area contributed by atoms with Gasteiger partial charge < -0.3 is 14.8 Å². The van der Waals surface area contributed by atoms with Crippen molar-refractivity contribution in [1.29, 1.82) is 0 Å². The first-order valence-corrected chi connectivity index (χ1v) is 6.69. The quantitative estimate of drug-likeness (QED) is 0.870. The third kappa shape index (κ3) is 3.47. The summed E-state index contributed by atoms with van der Waals surface area (Å²) < 4.78 is 10.4. The van der Waals surface area contributed by atoms with Crippen LogP contribution in [-0.4, -0.2) is 33.4 Å². The topological polar surface area (TPSA) is 30.5 Å². The van der Waals surface area contributed by atoms with Crippen LogP contribution in [0.4, 0.5) is 0 Å². The molecule has 100 valence electrons. The highest BCUT2D eigenvalue weighted by Gasteiger charge is 2.22. The second kappa shape index (κ2) is 6.76. The number of rotatable bonds is 5. The SMILES string of the molecule is COCCC1CC(c2ccc(OC)cc2)CCN1. The summed E-state index contributed by atoms with van der Waals surface area (Å²) in [4.78, 5) is 0. The van der Waals surface area contributed by atoms with Crippen LogP contribution in [0.25, 0.3) is 0 Å². The highest BCUT2D eigenvalue weighted by Crippen LogP contribution is 2.29. The Morgan fingerprint density at radius 3 is 2.67 bits per heavy atom. The maximum absolute atomic E-state index is 5.20. The zero-order chi connectivity index (χ0) is 12.8. The van der Waals surface area contributed by atoms with Gasteiger partial charge in [0.05, 0.1) is 7.11 Å². The number of hydrogen-bond acceptors (Lipinski definition) is 3. The van der Waals surface area contributed by atoms with Crippen LogP contribution in [0.15, 0.2) is 24.3 Å². The first-order valence-electron chi connectivity index (χ1n) is 6.69. The minimum Gasteiger partial charge on any atom is -0.497 e. The lowest BCUT2D eigenvalue weighted by atomic mass is 9.85. The highest BCUT2D eigenvalue weighted by molar-refractivity contribution is 5.29. The minimum atomic E-state index is 0.589. The van der Waals surface area contributed by atoms with Gasteiger partial charge in [0.25, 0.3) is 0 Å². The van der Waals surface area contributed by atoms with Crippen LogP contribution in [0, 0.1) is 0 Å². The maximum Gasteiger partial charge on any atom is 0.118 e. The third-order valence-corrected chi connectivity index (χ3v) is 3.75. The van der Waals surface area contributed by atoms with E-state index in [-0.39, 0.29) is 0 Å². The molecule has 0 amide bonds. The van der Waals surface area contributed by atoms with Gasteiger partial charge in [0.1, 0.15) is 5.75 Å². The van der Waals surface area contributed by atoms with Crippen LogP contribution in [-0.2, 0) is 4.74 Å². The monoisotopic (exact) mass is 249 g/mol. The summed E-state index contributed by atoms with van der Waals surface area (Å²) in [5, 5.41) is 3.57. The van der Waals surface area contributed by atoms with E-state index in [1.165, 1.54) is 18.4 Å². The minimum absolute atomic E-state index is 0.589. The number of hydrogen-bond donors (Lipinski definition) is 1. The average Bonchev–Trinajstić information content (AvgIpc) is 2.45. The predicted octanol–water partition coefficient (Wildman–Crippen LogP) is 2.57. The lowest BCUT2D eigenvalue weighted by Gasteiger charge is -2.30. The lowest BCUT2D eigenvalue weighted by molar-refractivity contribution is 0.174. The summed E-state index contributed by atoms with van der Waals surface area (Å²) in [6, 6.07) is 9.10. The summed E-state index contributed by atoms with van der Waals surface area (Å²) in [6.07, 6.45) is 3.52. The van der Waals surface area contributed by atoms with Crippen molar-refractivity contribution in [1.82, 2.24) is 5.32 Å². The van der Waals surface area contributed by atoms with Crippen LogP contribution < -0.4 is 10.1 Å². The van der Waals surface area contributed by atoms with Crippen LogP contribution >= 0.6 is 0 Å². The molecule has 2 atom stereocenters. The van der Waals surface area contributed by atoms with Gasteiger partial charge >= 0.3 is 0 Å². The summed E-state index contributed by atoms with van der Waals surface area (Å²) >= 11 is 0. The standard InChI is InChI=1S/C15H23NO2/c1-17-10-8-14-11-13(7-9-16-14)12-3-5-15(18-2)6-4-12/h3-6,13-14,16H,7-11H2,1-2H3. The molecule has 1 aliphatic rings. The Morgan fingerprint density at radius 1 is 1.22 bits per heavy atom. The van der Waals surface area contributed by atoms with Crippen molar-refractivity contribution in [2.24, 2.45) is 0 Å². The van der Waals surface area contributed by atoms with E-state index in [1.54, 1.807) is 14.2 Å². The third-order valence-electron chi connectivity index (χ3n) is 3.75. The molecule has 0 bridgehead atoms. The molecule has 2 unspecified atom stereocenters. The molecule has 18 heavy (non-hydrogen) atoms. The van der Waals surface area contributed by atoms with Crippen molar-refractivity contribution in [2.45, 2.75) is 31.2 Å². The molecule has 1 aromatic rings. The van der Waals surface area contributed by atoms with E-state index < -0.39 is 0 Å². The van der Waals surface area contributed by atoms with Gasteiger partial charge in [-0.05, 0) is 49.4 Å². The van der Waals surface area contributed by atoms with E-state index in [4.69, 9.17) is 9.47 Å². The van der Waals surface area contributed by atoms with Gasteiger partial charge in [-0.15, -0.1) is 0 Å². The molecular formula is C15H23NO2. The second-order valence-corrected chi connectivity index (χ2v) is 4.93. The molecule has 1 N–H and O–H groups in total. The molecule has 1 saturated heterocycles. The Hall–Kier alpha value is -1.06. The van der Waals surface area contributed by atoms with Gasteiger partial charge in [-0.25, -0.2) is 0 Å². The zero-order valence-corrected chi connectivity index (χ0v) is 11.3. The van der Waals surface area contributed by atoms with E-state index in [0.29, 0.717) is 12.0 Å². The number of nitrogens with one attached hydrogen (secondary N) is 1. The van der Waals surface area contributed by atoms with Gasteiger partial charge in [-0.2, -0.15) is 0 Å².